The van der Waals surface area contributed by atoms with Gasteiger partial charge in [0, 0.05) is 5.92 Å². The average Bonchev–Trinajstić information content (AvgIpc) is 2.41. The smallest absolute Gasteiger partial charge is 0.0971 e. The Labute approximate surface area is 115 Å². The molecule has 0 radical (unpaired) electrons. The number of hydrogen-bond donors (Lipinski definition) is 1. The fraction of sp³-hybridized carbons (Fsp3) is 0.222. The molecule has 0 aliphatic carbocycles. The summed E-state index contributed by atoms with van der Waals surface area (Å²) in [5.41, 5.74) is 2.21. The van der Waals surface area contributed by atoms with Crippen molar-refractivity contribution in [1.82, 2.24) is 0 Å². The fourth-order valence-electron chi connectivity index (χ4n) is 2.42. The van der Waals surface area contributed by atoms with Gasteiger partial charge in [-0.2, -0.15) is 0 Å². The van der Waals surface area contributed by atoms with Gasteiger partial charge in [0.25, 0.3) is 0 Å². The van der Waals surface area contributed by atoms with E-state index in [0.29, 0.717) is 0 Å². The zero-order valence-corrected chi connectivity index (χ0v) is 11.5. The minimum Gasteiger partial charge on any atom is -0.384 e. The maximum Gasteiger partial charge on any atom is 0.0971 e. The van der Waals surface area contributed by atoms with Crippen LogP contribution in [0.5, 0.6) is 0 Å². The first-order chi connectivity index (χ1) is 9.05. The Bertz CT molecular complexity index is 538. The largest absolute Gasteiger partial charge is 0.384 e. The van der Waals surface area contributed by atoms with Gasteiger partial charge in [0.2, 0.25) is 0 Å². The van der Waals surface area contributed by atoms with Crippen LogP contribution in [0.25, 0.3) is 0 Å². The predicted molar refractivity (Wildman–Crippen MR) is 80.1 cm³/mol. The minimum atomic E-state index is -0.962. The summed E-state index contributed by atoms with van der Waals surface area (Å²) in [5.74, 6) is -0.128. The highest BCUT2D eigenvalue weighted by atomic mass is 16.3. The molecule has 98 valence electrons. The molecule has 0 amide bonds. The summed E-state index contributed by atoms with van der Waals surface area (Å²) in [4.78, 5) is 0. The van der Waals surface area contributed by atoms with E-state index >= 15 is 0 Å². The van der Waals surface area contributed by atoms with Gasteiger partial charge >= 0.3 is 0 Å². The van der Waals surface area contributed by atoms with Crippen LogP contribution in [0.4, 0.5) is 0 Å². The monoisotopic (exact) mass is 252 g/mol. The van der Waals surface area contributed by atoms with Gasteiger partial charge < -0.3 is 5.11 Å². The van der Waals surface area contributed by atoms with Crippen molar-refractivity contribution in [2.45, 2.75) is 25.4 Å². The molecule has 0 aliphatic rings. The molecule has 19 heavy (non-hydrogen) atoms. The van der Waals surface area contributed by atoms with Gasteiger partial charge in [-0.05, 0) is 25.0 Å². The van der Waals surface area contributed by atoms with Crippen LogP contribution in [0.3, 0.4) is 0 Å². The third-order valence-corrected chi connectivity index (χ3v) is 3.64. The van der Waals surface area contributed by atoms with Gasteiger partial charge in [0.1, 0.15) is 0 Å². The van der Waals surface area contributed by atoms with Crippen LogP contribution in [0.2, 0.25) is 0 Å². The molecule has 1 nitrogen and oxygen atoms in total. The van der Waals surface area contributed by atoms with Crippen molar-refractivity contribution in [3.8, 4) is 0 Å². The lowest BCUT2D eigenvalue weighted by Crippen LogP contribution is -2.28. The van der Waals surface area contributed by atoms with Crippen molar-refractivity contribution >= 4 is 0 Å². The van der Waals surface area contributed by atoms with E-state index in [1.54, 1.807) is 0 Å². The third kappa shape index (κ3) is 2.77. The standard InChI is InChI=1S/C18H20O/c1-4-17(15-8-6-5-7-9-15)18(3,19)16-12-10-14(2)11-13-16/h4-13,17,19H,1H2,2-3H3/t17-,18-/m1/s1. The number of aryl methyl sites for hydroxylation is 1. The van der Waals surface area contributed by atoms with Crippen LogP contribution in [-0.4, -0.2) is 5.11 Å². The molecule has 0 fully saturated rings. The maximum atomic E-state index is 10.9. The Morgan fingerprint density at radius 1 is 1.05 bits per heavy atom. The summed E-state index contributed by atoms with van der Waals surface area (Å²) in [6.45, 7) is 7.77. The topological polar surface area (TPSA) is 20.2 Å². The second-order valence-electron chi connectivity index (χ2n) is 5.14. The summed E-state index contributed by atoms with van der Waals surface area (Å²) in [5, 5.41) is 10.9. The van der Waals surface area contributed by atoms with Crippen LogP contribution >= 0.6 is 0 Å². The number of hydrogen-bond acceptors (Lipinski definition) is 1. The van der Waals surface area contributed by atoms with Crippen LogP contribution < -0.4 is 0 Å². The molecule has 0 bridgehead atoms. The Kier molecular flexibility index (Phi) is 3.87. The first-order valence-electron chi connectivity index (χ1n) is 6.52. The molecule has 2 aromatic carbocycles. The van der Waals surface area contributed by atoms with E-state index < -0.39 is 5.60 Å². The van der Waals surface area contributed by atoms with E-state index in [-0.39, 0.29) is 5.92 Å². The van der Waals surface area contributed by atoms with Crippen molar-refractivity contribution in [2.24, 2.45) is 0 Å². The Morgan fingerprint density at radius 2 is 1.63 bits per heavy atom. The Hall–Kier alpha value is -1.86. The molecular weight excluding hydrogens is 232 g/mol. The van der Waals surface area contributed by atoms with E-state index in [0.717, 1.165) is 11.1 Å². The molecule has 0 heterocycles. The highest BCUT2D eigenvalue weighted by molar-refractivity contribution is 5.34. The van der Waals surface area contributed by atoms with Gasteiger partial charge in [-0.1, -0.05) is 66.2 Å². The average molecular weight is 252 g/mol. The second-order valence-corrected chi connectivity index (χ2v) is 5.14. The van der Waals surface area contributed by atoms with E-state index in [1.807, 2.05) is 74.5 Å². The fourth-order valence-corrected chi connectivity index (χ4v) is 2.42. The SMILES string of the molecule is C=C[C@H](c1ccccc1)[C@](C)(O)c1ccc(C)cc1. The summed E-state index contributed by atoms with van der Waals surface area (Å²) >= 11 is 0. The number of aliphatic hydroxyl groups is 1. The molecule has 1 N–H and O–H groups in total. The predicted octanol–water partition coefficient (Wildman–Crippen LogP) is 4.17. The van der Waals surface area contributed by atoms with Crippen molar-refractivity contribution in [3.05, 3.63) is 83.9 Å². The third-order valence-electron chi connectivity index (χ3n) is 3.64. The van der Waals surface area contributed by atoms with E-state index in [1.165, 1.54) is 5.56 Å². The van der Waals surface area contributed by atoms with Crippen molar-refractivity contribution in [3.63, 3.8) is 0 Å². The quantitative estimate of drug-likeness (QED) is 0.810. The molecule has 0 unspecified atom stereocenters. The number of benzene rings is 2. The van der Waals surface area contributed by atoms with E-state index in [9.17, 15) is 5.11 Å². The first-order valence-corrected chi connectivity index (χ1v) is 6.52. The van der Waals surface area contributed by atoms with Crippen molar-refractivity contribution in [1.29, 1.82) is 0 Å². The molecule has 2 atom stereocenters. The summed E-state index contributed by atoms with van der Waals surface area (Å²) in [6, 6.07) is 18.0. The van der Waals surface area contributed by atoms with E-state index in [4.69, 9.17) is 0 Å². The van der Waals surface area contributed by atoms with Crippen LogP contribution in [0.1, 0.15) is 29.5 Å². The lowest BCUT2D eigenvalue weighted by atomic mass is 9.78. The molecule has 0 aliphatic heterocycles. The zero-order chi connectivity index (χ0) is 13.9. The van der Waals surface area contributed by atoms with Gasteiger partial charge in [0.05, 0.1) is 5.60 Å². The minimum absolute atomic E-state index is 0.128. The van der Waals surface area contributed by atoms with Gasteiger partial charge in [-0.3, -0.25) is 0 Å². The summed E-state index contributed by atoms with van der Waals surface area (Å²) < 4.78 is 0. The molecule has 0 saturated heterocycles. The summed E-state index contributed by atoms with van der Waals surface area (Å²) in [6.07, 6.45) is 1.81. The zero-order valence-electron chi connectivity index (χ0n) is 11.5. The molecule has 0 aromatic heterocycles. The van der Waals surface area contributed by atoms with Crippen LogP contribution in [0, 0.1) is 6.92 Å². The summed E-state index contributed by atoms with van der Waals surface area (Å²) in [7, 11) is 0. The number of rotatable bonds is 4. The highest BCUT2D eigenvalue weighted by Crippen LogP contribution is 2.37. The normalized spacial score (nSPS) is 15.5. The van der Waals surface area contributed by atoms with E-state index in [2.05, 4.69) is 6.58 Å². The molecule has 2 aromatic rings. The highest BCUT2D eigenvalue weighted by Gasteiger charge is 2.32. The second kappa shape index (κ2) is 5.41. The molecule has 1 heteroatoms. The molecule has 0 saturated carbocycles. The molecule has 2 rings (SSSR count). The first kappa shape index (κ1) is 13.6. The van der Waals surface area contributed by atoms with Crippen molar-refractivity contribution in [2.75, 3.05) is 0 Å². The lowest BCUT2D eigenvalue weighted by Gasteiger charge is -2.32. The Balaban J connectivity index is 2.41. The van der Waals surface area contributed by atoms with Gasteiger partial charge in [0.15, 0.2) is 0 Å². The van der Waals surface area contributed by atoms with Gasteiger partial charge in [-0.15, -0.1) is 6.58 Å². The van der Waals surface area contributed by atoms with Crippen LogP contribution in [0.15, 0.2) is 67.3 Å². The molecule has 0 spiro atoms. The Morgan fingerprint density at radius 3 is 2.16 bits per heavy atom. The van der Waals surface area contributed by atoms with Crippen LogP contribution in [-0.2, 0) is 5.60 Å². The van der Waals surface area contributed by atoms with Gasteiger partial charge in [-0.25, -0.2) is 0 Å². The van der Waals surface area contributed by atoms with Crippen molar-refractivity contribution < 1.29 is 5.11 Å². The maximum absolute atomic E-state index is 10.9. The lowest BCUT2D eigenvalue weighted by molar-refractivity contribution is 0.0417. The molecular formula is C18H20O.